The van der Waals surface area contributed by atoms with Crippen molar-refractivity contribution < 1.29 is 18.1 Å². The Hall–Kier alpha value is -1.63. The molecular formula is C14H10ClF2NO2S. The van der Waals surface area contributed by atoms with Gasteiger partial charge in [0.05, 0.1) is 9.92 Å². The second kappa shape index (κ2) is 6.43. The van der Waals surface area contributed by atoms with Crippen LogP contribution < -0.4 is 5.32 Å². The molecule has 0 aliphatic carbocycles. The van der Waals surface area contributed by atoms with Crippen molar-refractivity contribution in [2.45, 2.75) is 11.8 Å². The van der Waals surface area contributed by atoms with Crippen molar-refractivity contribution >= 4 is 35.2 Å². The van der Waals surface area contributed by atoms with Gasteiger partial charge in [-0.15, -0.1) is 0 Å². The third kappa shape index (κ3) is 3.53. The molecule has 2 aromatic carbocycles. The number of rotatable bonds is 3. The molecule has 0 aromatic heterocycles. The number of hydrogen-bond acceptors (Lipinski definition) is 3. The van der Waals surface area contributed by atoms with Crippen molar-refractivity contribution in [3.63, 3.8) is 0 Å². The van der Waals surface area contributed by atoms with E-state index in [-0.39, 0.29) is 16.8 Å². The van der Waals surface area contributed by atoms with Crippen LogP contribution in [0.5, 0.6) is 0 Å². The molecule has 2 aromatic rings. The predicted octanol–water partition coefficient (Wildman–Crippen LogP) is 4.74. The highest BCUT2D eigenvalue weighted by atomic mass is 35.5. The number of aryl methyl sites for hydroxylation is 1. The van der Waals surface area contributed by atoms with Crippen molar-refractivity contribution in [2.24, 2.45) is 0 Å². The van der Waals surface area contributed by atoms with Crippen LogP contribution in [-0.2, 0) is 0 Å². The Morgan fingerprint density at radius 3 is 2.62 bits per heavy atom. The van der Waals surface area contributed by atoms with Gasteiger partial charge in [-0.3, -0.25) is 4.79 Å². The first-order valence-corrected chi connectivity index (χ1v) is 6.95. The molecule has 0 aliphatic heterocycles. The average Bonchev–Trinajstić information content (AvgIpc) is 2.45. The van der Waals surface area contributed by atoms with Crippen LogP contribution >= 0.6 is 23.6 Å². The zero-order valence-corrected chi connectivity index (χ0v) is 12.4. The normalized spacial score (nSPS) is 10.5. The number of carbonyl (C=O) groups excluding carboxylic acids is 1. The van der Waals surface area contributed by atoms with Gasteiger partial charge >= 0.3 is 0 Å². The number of halogens is 3. The molecule has 7 heteroatoms. The largest absolute Gasteiger partial charge is 0.325 e. The molecule has 0 saturated heterocycles. The topological polar surface area (TPSA) is 49.3 Å². The smallest absolute Gasteiger partial charge is 0.255 e. The lowest BCUT2D eigenvalue weighted by Crippen LogP contribution is -2.12. The van der Waals surface area contributed by atoms with E-state index in [2.05, 4.69) is 5.32 Å². The van der Waals surface area contributed by atoms with Gasteiger partial charge in [-0.2, -0.15) is 0 Å². The summed E-state index contributed by atoms with van der Waals surface area (Å²) in [5, 5.41) is 2.77. The van der Waals surface area contributed by atoms with E-state index in [0.29, 0.717) is 22.0 Å². The van der Waals surface area contributed by atoms with Gasteiger partial charge in [0.15, 0.2) is 11.6 Å². The SMILES string of the molecule is Cc1cc(NC(=O)c2ccc(Cl)c(SO)c2)cc(F)c1F. The highest BCUT2D eigenvalue weighted by Gasteiger charge is 2.12. The van der Waals surface area contributed by atoms with Crippen molar-refractivity contribution in [3.8, 4) is 0 Å². The number of benzene rings is 2. The van der Waals surface area contributed by atoms with Crippen LogP contribution in [0.4, 0.5) is 14.5 Å². The Balaban J connectivity index is 2.26. The summed E-state index contributed by atoms with van der Waals surface area (Å²) >= 11 is 6.24. The number of anilines is 1. The molecule has 0 spiro atoms. The van der Waals surface area contributed by atoms with Gasteiger partial charge in [0.2, 0.25) is 0 Å². The lowest BCUT2D eigenvalue weighted by atomic mass is 10.1. The Morgan fingerprint density at radius 2 is 2.00 bits per heavy atom. The number of nitrogens with one attached hydrogen (secondary N) is 1. The van der Waals surface area contributed by atoms with E-state index in [4.69, 9.17) is 16.2 Å². The van der Waals surface area contributed by atoms with Crippen molar-refractivity contribution in [2.75, 3.05) is 5.32 Å². The molecule has 3 nitrogen and oxygen atoms in total. The van der Waals surface area contributed by atoms with Crippen molar-refractivity contribution in [3.05, 3.63) is 58.1 Å². The summed E-state index contributed by atoms with van der Waals surface area (Å²) in [4.78, 5) is 12.4. The molecule has 0 bridgehead atoms. The minimum absolute atomic E-state index is 0.0907. The highest BCUT2D eigenvalue weighted by molar-refractivity contribution is 7.93. The summed E-state index contributed by atoms with van der Waals surface area (Å²) in [6, 6.07) is 6.55. The van der Waals surface area contributed by atoms with Crippen LogP contribution in [0.2, 0.25) is 5.02 Å². The van der Waals surface area contributed by atoms with Gasteiger partial charge in [0.25, 0.3) is 5.91 Å². The maximum Gasteiger partial charge on any atom is 0.255 e. The molecule has 21 heavy (non-hydrogen) atoms. The fourth-order valence-corrected chi connectivity index (χ4v) is 2.27. The molecule has 0 atom stereocenters. The summed E-state index contributed by atoms with van der Waals surface area (Å²) in [5.41, 5.74) is 0.468. The van der Waals surface area contributed by atoms with E-state index in [1.165, 1.54) is 31.2 Å². The second-order valence-corrected chi connectivity index (χ2v) is 5.31. The standard InChI is InChI=1S/C14H10ClF2NO2S/c1-7-4-9(6-11(16)13(7)17)18-14(19)8-2-3-10(15)12(5-8)21-20/h2-6,20H,1H3,(H,18,19). The minimum atomic E-state index is -1.03. The zero-order valence-electron chi connectivity index (χ0n) is 10.8. The molecule has 0 fully saturated rings. The maximum absolute atomic E-state index is 13.3. The first-order valence-electron chi connectivity index (χ1n) is 5.80. The second-order valence-electron chi connectivity index (χ2n) is 4.28. The van der Waals surface area contributed by atoms with E-state index in [1.807, 2.05) is 0 Å². The first kappa shape index (κ1) is 15.8. The van der Waals surface area contributed by atoms with Gasteiger partial charge in [-0.1, -0.05) is 11.6 Å². The molecule has 0 radical (unpaired) electrons. The Labute approximate surface area is 129 Å². The molecule has 2 N–H and O–H groups in total. The molecule has 110 valence electrons. The van der Waals surface area contributed by atoms with E-state index in [0.717, 1.165) is 6.07 Å². The van der Waals surface area contributed by atoms with Crippen LogP contribution in [0.15, 0.2) is 35.2 Å². The summed E-state index contributed by atoms with van der Waals surface area (Å²) in [6.07, 6.45) is 0. The van der Waals surface area contributed by atoms with Crippen LogP contribution in [0.25, 0.3) is 0 Å². The number of hydrogen-bond donors (Lipinski definition) is 2. The van der Waals surface area contributed by atoms with Gasteiger partial charge in [0.1, 0.15) is 0 Å². The van der Waals surface area contributed by atoms with Gasteiger partial charge in [-0.25, -0.2) is 8.78 Å². The molecule has 0 heterocycles. The van der Waals surface area contributed by atoms with Crippen molar-refractivity contribution in [1.29, 1.82) is 0 Å². The first-order chi connectivity index (χ1) is 9.92. The van der Waals surface area contributed by atoms with Crippen LogP contribution in [0.3, 0.4) is 0 Å². The van der Waals surface area contributed by atoms with Crippen LogP contribution in [0, 0.1) is 18.6 Å². The third-order valence-corrected chi connectivity index (χ3v) is 3.74. The quantitative estimate of drug-likeness (QED) is 0.799. The maximum atomic E-state index is 13.3. The molecule has 0 saturated carbocycles. The zero-order chi connectivity index (χ0) is 15.6. The van der Waals surface area contributed by atoms with E-state index in [9.17, 15) is 13.6 Å². The third-order valence-electron chi connectivity index (χ3n) is 2.76. The fraction of sp³-hybridized carbons (Fsp3) is 0.0714. The summed E-state index contributed by atoms with van der Waals surface area (Å²) < 4.78 is 35.5. The molecular weight excluding hydrogens is 320 g/mol. The van der Waals surface area contributed by atoms with Crippen LogP contribution in [0.1, 0.15) is 15.9 Å². The monoisotopic (exact) mass is 329 g/mol. The number of amides is 1. The Morgan fingerprint density at radius 1 is 1.29 bits per heavy atom. The van der Waals surface area contributed by atoms with Crippen molar-refractivity contribution in [1.82, 2.24) is 0 Å². The average molecular weight is 330 g/mol. The lowest BCUT2D eigenvalue weighted by Gasteiger charge is -2.08. The minimum Gasteiger partial charge on any atom is -0.325 e. The lowest BCUT2D eigenvalue weighted by molar-refractivity contribution is 0.102. The summed E-state index contributed by atoms with van der Waals surface area (Å²) in [6.45, 7) is 1.40. The van der Waals surface area contributed by atoms with Crippen LogP contribution in [-0.4, -0.2) is 10.5 Å². The number of carbonyl (C=O) groups is 1. The molecule has 0 aliphatic rings. The highest BCUT2D eigenvalue weighted by Crippen LogP contribution is 2.26. The predicted molar refractivity (Wildman–Crippen MR) is 79.0 cm³/mol. The van der Waals surface area contributed by atoms with Gasteiger partial charge < -0.3 is 9.87 Å². The Bertz CT molecular complexity index is 686. The molecule has 2 rings (SSSR count). The molecule has 0 unspecified atom stereocenters. The van der Waals surface area contributed by atoms with Gasteiger partial charge in [-0.05, 0) is 36.8 Å². The summed E-state index contributed by atoms with van der Waals surface area (Å²) in [5.74, 6) is -2.50. The van der Waals surface area contributed by atoms with E-state index < -0.39 is 17.5 Å². The fourth-order valence-electron chi connectivity index (χ4n) is 1.72. The van der Waals surface area contributed by atoms with E-state index in [1.54, 1.807) is 0 Å². The van der Waals surface area contributed by atoms with E-state index >= 15 is 0 Å². The Kier molecular flexibility index (Phi) is 4.82. The molecule has 1 amide bonds. The van der Waals surface area contributed by atoms with Gasteiger partial charge in [0, 0.05) is 29.4 Å². The summed E-state index contributed by atoms with van der Waals surface area (Å²) in [7, 11) is 0.